The molecule has 0 saturated carbocycles. The maximum absolute atomic E-state index is 12.0. The minimum atomic E-state index is -0.103. The summed E-state index contributed by atoms with van der Waals surface area (Å²) in [7, 11) is 0. The summed E-state index contributed by atoms with van der Waals surface area (Å²) in [6.45, 7) is 2.04. The molecule has 0 unspecified atom stereocenters. The number of amides is 1. The number of hydrogen-bond donors (Lipinski definition) is 1. The lowest BCUT2D eigenvalue weighted by Gasteiger charge is -2.06. The van der Waals surface area contributed by atoms with Crippen molar-refractivity contribution >= 4 is 11.7 Å². The summed E-state index contributed by atoms with van der Waals surface area (Å²) in [4.78, 5) is 20.6. The number of carbonyl (C=O) groups excluding carboxylic acids is 1. The van der Waals surface area contributed by atoms with E-state index < -0.39 is 0 Å². The van der Waals surface area contributed by atoms with Gasteiger partial charge < -0.3 is 5.32 Å². The van der Waals surface area contributed by atoms with Crippen LogP contribution in [0.2, 0.25) is 0 Å². The zero-order valence-corrected chi connectivity index (χ0v) is 12.9. The van der Waals surface area contributed by atoms with Crippen LogP contribution in [0.15, 0.2) is 67.0 Å². The topological polar surface area (TPSA) is 54.9 Å². The number of rotatable bonds is 4. The molecule has 3 rings (SSSR count). The van der Waals surface area contributed by atoms with Gasteiger partial charge in [0.15, 0.2) is 5.82 Å². The summed E-state index contributed by atoms with van der Waals surface area (Å²) in [5.41, 5.74) is 3.96. The van der Waals surface area contributed by atoms with Crippen LogP contribution in [0.1, 0.15) is 11.1 Å². The Morgan fingerprint density at radius 3 is 2.35 bits per heavy atom. The van der Waals surface area contributed by atoms with Crippen LogP contribution in [0.3, 0.4) is 0 Å². The molecule has 0 spiro atoms. The summed E-state index contributed by atoms with van der Waals surface area (Å²) in [5, 5.41) is 2.77. The third-order valence-corrected chi connectivity index (χ3v) is 3.47. The number of aryl methyl sites for hydroxylation is 1. The van der Waals surface area contributed by atoms with E-state index in [4.69, 9.17) is 0 Å². The molecule has 0 aliphatic carbocycles. The van der Waals surface area contributed by atoms with E-state index in [2.05, 4.69) is 15.3 Å². The van der Waals surface area contributed by atoms with E-state index in [1.54, 1.807) is 12.4 Å². The molecule has 0 radical (unpaired) electrons. The van der Waals surface area contributed by atoms with Crippen molar-refractivity contribution in [2.24, 2.45) is 0 Å². The minimum absolute atomic E-state index is 0.103. The van der Waals surface area contributed by atoms with Gasteiger partial charge in [-0.15, -0.1) is 0 Å². The Balaban J connectivity index is 1.65. The second-order valence-corrected chi connectivity index (χ2v) is 5.36. The zero-order valence-electron chi connectivity index (χ0n) is 12.9. The van der Waals surface area contributed by atoms with Crippen molar-refractivity contribution in [1.82, 2.24) is 9.97 Å². The molecule has 0 aliphatic heterocycles. The van der Waals surface area contributed by atoms with Crippen molar-refractivity contribution < 1.29 is 4.79 Å². The van der Waals surface area contributed by atoms with Crippen LogP contribution in [0.5, 0.6) is 0 Å². The van der Waals surface area contributed by atoms with Gasteiger partial charge in [0.05, 0.1) is 24.5 Å². The maximum Gasteiger partial charge on any atom is 0.229 e. The zero-order chi connectivity index (χ0) is 16.1. The highest BCUT2D eigenvalue weighted by atomic mass is 16.1. The van der Waals surface area contributed by atoms with Gasteiger partial charge in [-0.1, -0.05) is 60.2 Å². The van der Waals surface area contributed by atoms with Gasteiger partial charge in [0.25, 0.3) is 0 Å². The monoisotopic (exact) mass is 303 g/mol. The molecule has 4 heteroatoms. The average Bonchev–Trinajstić information content (AvgIpc) is 2.57. The van der Waals surface area contributed by atoms with Crippen molar-refractivity contribution in [2.75, 3.05) is 5.32 Å². The first-order valence-electron chi connectivity index (χ1n) is 7.43. The Hall–Kier alpha value is -3.01. The van der Waals surface area contributed by atoms with E-state index in [9.17, 15) is 4.79 Å². The first kappa shape index (κ1) is 14.9. The highest BCUT2D eigenvalue weighted by Crippen LogP contribution is 2.17. The highest BCUT2D eigenvalue weighted by Gasteiger charge is 2.06. The summed E-state index contributed by atoms with van der Waals surface area (Å²) < 4.78 is 0. The normalized spacial score (nSPS) is 10.3. The highest BCUT2D eigenvalue weighted by molar-refractivity contribution is 5.91. The number of anilines is 1. The van der Waals surface area contributed by atoms with Gasteiger partial charge >= 0.3 is 0 Å². The molecule has 0 aliphatic rings. The maximum atomic E-state index is 12.0. The Morgan fingerprint density at radius 1 is 0.957 bits per heavy atom. The van der Waals surface area contributed by atoms with Crippen molar-refractivity contribution in [3.05, 3.63) is 78.1 Å². The van der Waals surface area contributed by atoms with E-state index in [-0.39, 0.29) is 5.91 Å². The molecular weight excluding hydrogens is 286 g/mol. The Morgan fingerprint density at radius 2 is 1.70 bits per heavy atom. The van der Waals surface area contributed by atoms with E-state index in [0.717, 1.165) is 16.8 Å². The van der Waals surface area contributed by atoms with Crippen molar-refractivity contribution in [3.8, 4) is 11.3 Å². The molecule has 1 amide bonds. The lowest BCUT2D eigenvalue weighted by Crippen LogP contribution is -2.15. The third-order valence-electron chi connectivity index (χ3n) is 3.47. The fraction of sp³-hybridized carbons (Fsp3) is 0.105. The fourth-order valence-corrected chi connectivity index (χ4v) is 2.23. The van der Waals surface area contributed by atoms with Crippen molar-refractivity contribution in [1.29, 1.82) is 0 Å². The van der Waals surface area contributed by atoms with Crippen LogP contribution < -0.4 is 5.32 Å². The van der Waals surface area contributed by atoms with Gasteiger partial charge in [-0.2, -0.15) is 0 Å². The molecule has 1 heterocycles. The lowest BCUT2D eigenvalue weighted by molar-refractivity contribution is -0.115. The number of carbonyl (C=O) groups is 1. The first-order valence-corrected chi connectivity index (χ1v) is 7.43. The van der Waals surface area contributed by atoms with E-state index in [1.807, 2.05) is 61.5 Å². The smallest absolute Gasteiger partial charge is 0.229 e. The molecule has 2 aromatic carbocycles. The van der Waals surface area contributed by atoms with E-state index in [1.165, 1.54) is 5.56 Å². The van der Waals surface area contributed by atoms with Crippen molar-refractivity contribution in [2.45, 2.75) is 13.3 Å². The molecule has 23 heavy (non-hydrogen) atoms. The van der Waals surface area contributed by atoms with Crippen LogP contribution >= 0.6 is 0 Å². The molecule has 0 atom stereocenters. The number of nitrogens with zero attached hydrogens (tertiary/aromatic N) is 2. The first-order chi connectivity index (χ1) is 11.2. The van der Waals surface area contributed by atoms with E-state index in [0.29, 0.717) is 12.2 Å². The SMILES string of the molecule is Cc1ccc(-c2cnc(NC(=O)Cc3ccccc3)cn2)cc1. The second-order valence-electron chi connectivity index (χ2n) is 5.36. The third kappa shape index (κ3) is 4.01. The van der Waals surface area contributed by atoms with Crippen LogP contribution in [-0.4, -0.2) is 15.9 Å². The molecule has 4 nitrogen and oxygen atoms in total. The molecule has 1 N–H and O–H groups in total. The summed E-state index contributed by atoms with van der Waals surface area (Å²) in [6, 6.07) is 17.7. The van der Waals surface area contributed by atoms with Gasteiger partial charge in [-0.25, -0.2) is 4.98 Å². The fourth-order valence-electron chi connectivity index (χ4n) is 2.23. The number of nitrogens with one attached hydrogen (secondary N) is 1. The molecule has 0 bridgehead atoms. The standard InChI is InChI=1S/C19H17N3O/c1-14-7-9-16(10-8-14)17-12-21-18(13-20-17)22-19(23)11-15-5-3-2-4-6-15/h2-10,12-13H,11H2,1H3,(H,21,22,23). The molecule has 3 aromatic rings. The lowest BCUT2D eigenvalue weighted by atomic mass is 10.1. The Kier molecular flexibility index (Phi) is 4.43. The van der Waals surface area contributed by atoms with Gasteiger partial charge in [0.1, 0.15) is 0 Å². The number of benzene rings is 2. The molecule has 114 valence electrons. The summed E-state index contributed by atoms with van der Waals surface area (Å²) in [6.07, 6.45) is 3.57. The largest absolute Gasteiger partial charge is 0.309 e. The van der Waals surface area contributed by atoms with Gasteiger partial charge in [0, 0.05) is 5.56 Å². The molecular formula is C19H17N3O. The number of hydrogen-bond acceptors (Lipinski definition) is 3. The Labute approximate surface area is 135 Å². The van der Waals surface area contributed by atoms with Crippen molar-refractivity contribution in [3.63, 3.8) is 0 Å². The minimum Gasteiger partial charge on any atom is -0.309 e. The van der Waals surface area contributed by atoms with Crippen LogP contribution in [0, 0.1) is 6.92 Å². The molecule has 1 aromatic heterocycles. The molecule has 0 saturated heterocycles. The summed E-state index contributed by atoms with van der Waals surface area (Å²) in [5.74, 6) is 0.357. The van der Waals surface area contributed by atoms with Crippen LogP contribution in [0.25, 0.3) is 11.3 Å². The average molecular weight is 303 g/mol. The number of aromatic nitrogens is 2. The predicted octanol–water partition coefficient (Wildman–Crippen LogP) is 3.63. The van der Waals surface area contributed by atoms with Crippen LogP contribution in [-0.2, 0) is 11.2 Å². The predicted molar refractivity (Wildman–Crippen MR) is 91.0 cm³/mol. The van der Waals surface area contributed by atoms with Gasteiger partial charge in [-0.3, -0.25) is 9.78 Å². The van der Waals surface area contributed by atoms with E-state index >= 15 is 0 Å². The Bertz CT molecular complexity index is 781. The summed E-state index contributed by atoms with van der Waals surface area (Å²) >= 11 is 0. The quantitative estimate of drug-likeness (QED) is 0.800. The van der Waals surface area contributed by atoms with Gasteiger partial charge in [-0.05, 0) is 12.5 Å². The van der Waals surface area contributed by atoms with Gasteiger partial charge in [0.2, 0.25) is 5.91 Å². The van der Waals surface area contributed by atoms with Crippen LogP contribution in [0.4, 0.5) is 5.82 Å². The molecule has 0 fully saturated rings. The second kappa shape index (κ2) is 6.83.